The first-order chi connectivity index (χ1) is 18.2. The van der Waals surface area contributed by atoms with Crippen molar-refractivity contribution in [2.75, 3.05) is 23.3 Å². The number of hydrogen-bond acceptors (Lipinski definition) is 6. The number of halogens is 2. The molecule has 0 bridgehead atoms. The third-order valence-corrected chi connectivity index (χ3v) is 7.58. The lowest BCUT2D eigenvalue weighted by Crippen LogP contribution is -2.30. The van der Waals surface area contributed by atoms with Crippen molar-refractivity contribution in [3.8, 4) is 5.69 Å². The Morgan fingerprint density at radius 3 is 2.39 bits per heavy atom. The molecule has 2 unspecified atom stereocenters. The largest absolute Gasteiger partial charge is 0.367 e. The molecule has 9 nitrogen and oxygen atoms in total. The van der Waals surface area contributed by atoms with E-state index in [0.29, 0.717) is 22.2 Å². The summed E-state index contributed by atoms with van der Waals surface area (Å²) in [7, 11) is 1.97. The van der Waals surface area contributed by atoms with Gasteiger partial charge in [-0.2, -0.15) is 9.78 Å². The number of piperidine rings is 1. The molecule has 3 N–H and O–H groups in total. The fourth-order valence-electron chi connectivity index (χ4n) is 5.53. The van der Waals surface area contributed by atoms with Crippen LogP contribution in [0.4, 0.5) is 20.2 Å². The molecule has 1 aliphatic heterocycles. The van der Waals surface area contributed by atoms with E-state index in [1.54, 1.807) is 0 Å². The molecule has 4 aromatic rings. The van der Waals surface area contributed by atoms with Gasteiger partial charge in [-0.3, -0.25) is 9.59 Å². The summed E-state index contributed by atoms with van der Waals surface area (Å²) in [4.78, 5) is 32.9. The number of rotatable bonds is 5. The Hall–Kier alpha value is -4.12. The highest BCUT2D eigenvalue weighted by atomic mass is 19.1. The lowest BCUT2D eigenvalue weighted by atomic mass is 10.2. The second-order valence-corrected chi connectivity index (χ2v) is 10.3. The van der Waals surface area contributed by atoms with Crippen molar-refractivity contribution < 1.29 is 13.6 Å². The molecule has 38 heavy (non-hydrogen) atoms. The van der Waals surface area contributed by atoms with E-state index in [1.807, 2.05) is 19.2 Å². The zero-order valence-corrected chi connectivity index (χ0v) is 21.2. The third-order valence-electron chi connectivity index (χ3n) is 7.58. The van der Waals surface area contributed by atoms with E-state index in [2.05, 4.69) is 33.7 Å². The number of anilines is 2. The number of nitrogens with two attached hydrogens (primary N) is 1. The van der Waals surface area contributed by atoms with Crippen LogP contribution in [0.15, 0.2) is 47.3 Å². The molecule has 0 spiro atoms. The van der Waals surface area contributed by atoms with Crippen LogP contribution >= 0.6 is 0 Å². The van der Waals surface area contributed by atoms with E-state index in [-0.39, 0.29) is 17.7 Å². The second kappa shape index (κ2) is 8.73. The highest BCUT2D eigenvalue weighted by molar-refractivity contribution is 6.08. The average Bonchev–Trinajstić information content (AvgIpc) is 3.20. The molecule has 0 radical (unpaired) electrons. The van der Waals surface area contributed by atoms with Crippen molar-refractivity contribution in [3.05, 3.63) is 76.0 Å². The van der Waals surface area contributed by atoms with Gasteiger partial charge in [-0.05, 0) is 42.2 Å². The zero-order chi connectivity index (χ0) is 26.9. The monoisotopic (exact) mass is 519 g/mol. The van der Waals surface area contributed by atoms with Crippen molar-refractivity contribution in [1.82, 2.24) is 19.3 Å². The Balaban J connectivity index is 1.41. The molecule has 6 rings (SSSR count). The molecule has 2 atom stereocenters. The molecule has 2 aromatic heterocycles. The number of nitrogens with one attached hydrogen (secondary N) is 1. The summed E-state index contributed by atoms with van der Waals surface area (Å²) in [6.07, 6.45) is 0. The van der Waals surface area contributed by atoms with Crippen LogP contribution in [0.25, 0.3) is 16.7 Å². The molecule has 2 aliphatic rings. The smallest absolute Gasteiger partial charge is 0.276 e. The minimum Gasteiger partial charge on any atom is -0.367 e. The first kappa shape index (κ1) is 24.2. The van der Waals surface area contributed by atoms with Crippen LogP contribution < -0.4 is 21.5 Å². The molecule has 2 fully saturated rings. The van der Waals surface area contributed by atoms with E-state index in [9.17, 15) is 18.4 Å². The molecule has 1 aliphatic carbocycles. The molecule has 11 heteroatoms. The van der Waals surface area contributed by atoms with E-state index in [1.165, 1.54) is 12.1 Å². The second-order valence-electron chi connectivity index (χ2n) is 10.3. The van der Waals surface area contributed by atoms with Crippen molar-refractivity contribution >= 4 is 28.3 Å². The summed E-state index contributed by atoms with van der Waals surface area (Å²) in [5.74, 6) is -0.629. The van der Waals surface area contributed by atoms with Crippen LogP contribution in [-0.2, 0) is 7.05 Å². The van der Waals surface area contributed by atoms with Crippen molar-refractivity contribution in [3.63, 3.8) is 0 Å². The standard InChI is InChI=1S/C27H27F2N7O2/c1-13(2)26-32-23-20(34(26)3)9-7-18(25(23)35-11-14-15(12-35)22(14)30)31-27(38)19-8-10-21(37)36(33-19)24-16(28)5-4-6-17(24)29/h4-10,13-15,22H,11-12,30H2,1-3H3,(H,31,38). The van der Waals surface area contributed by atoms with Gasteiger partial charge >= 0.3 is 0 Å². The fraction of sp³-hybridized carbons (Fsp3) is 0.333. The Kier molecular flexibility index (Phi) is 5.56. The normalized spacial score (nSPS) is 20.3. The van der Waals surface area contributed by atoms with Crippen molar-refractivity contribution in [2.45, 2.75) is 25.8 Å². The number of fused-ring (bicyclic) bond motifs is 2. The molecular formula is C27H27F2N7O2. The SMILES string of the molecule is CC(C)c1nc2c(N3CC4C(N)C4C3)c(NC(=O)c3ccc(=O)n(-c4c(F)cccc4F)n3)ccc2n1C. The van der Waals surface area contributed by atoms with E-state index < -0.39 is 28.8 Å². The van der Waals surface area contributed by atoms with Crippen LogP contribution in [0.1, 0.15) is 36.1 Å². The lowest BCUT2D eigenvalue weighted by Gasteiger charge is -2.25. The molecule has 1 saturated carbocycles. The number of aryl methyl sites for hydroxylation is 1. The number of imidazole rings is 1. The number of benzene rings is 2. The van der Waals surface area contributed by atoms with E-state index in [0.717, 1.165) is 53.8 Å². The quantitative estimate of drug-likeness (QED) is 0.419. The summed E-state index contributed by atoms with van der Waals surface area (Å²) in [5.41, 5.74) is 7.63. The molecular weight excluding hydrogens is 492 g/mol. The van der Waals surface area contributed by atoms with Gasteiger partial charge < -0.3 is 20.5 Å². The first-order valence-corrected chi connectivity index (χ1v) is 12.5. The number of para-hydroxylation sites is 1. The lowest BCUT2D eigenvalue weighted by molar-refractivity contribution is 0.102. The molecule has 1 saturated heterocycles. The number of amides is 1. The summed E-state index contributed by atoms with van der Waals surface area (Å²) < 4.78 is 31.3. The van der Waals surface area contributed by atoms with Gasteiger partial charge in [0.25, 0.3) is 11.5 Å². The Morgan fingerprint density at radius 2 is 1.74 bits per heavy atom. The summed E-state index contributed by atoms with van der Waals surface area (Å²) in [5, 5.41) is 6.88. The predicted octanol–water partition coefficient (Wildman–Crippen LogP) is 3.17. The topological polar surface area (TPSA) is 111 Å². The van der Waals surface area contributed by atoms with Crippen molar-refractivity contribution in [2.24, 2.45) is 24.6 Å². The molecule has 2 aromatic carbocycles. The van der Waals surface area contributed by atoms with Gasteiger partial charge in [0.05, 0.1) is 16.9 Å². The maximum Gasteiger partial charge on any atom is 0.276 e. The molecule has 1 amide bonds. The Morgan fingerprint density at radius 1 is 1.05 bits per heavy atom. The Labute approximate surface area is 216 Å². The van der Waals surface area contributed by atoms with Crippen LogP contribution in [0.3, 0.4) is 0 Å². The highest BCUT2D eigenvalue weighted by Gasteiger charge is 2.54. The van der Waals surface area contributed by atoms with Crippen LogP contribution in [0, 0.1) is 23.5 Å². The third kappa shape index (κ3) is 3.76. The van der Waals surface area contributed by atoms with Crippen LogP contribution in [-0.4, -0.2) is 44.4 Å². The zero-order valence-electron chi connectivity index (χ0n) is 21.2. The predicted molar refractivity (Wildman–Crippen MR) is 140 cm³/mol. The molecule has 196 valence electrons. The van der Waals surface area contributed by atoms with E-state index >= 15 is 0 Å². The van der Waals surface area contributed by atoms with Gasteiger partial charge in [0, 0.05) is 38.2 Å². The highest BCUT2D eigenvalue weighted by Crippen LogP contribution is 2.48. The number of carbonyl (C=O) groups excluding carboxylic acids is 1. The van der Waals surface area contributed by atoms with Gasteiger partial charge in [-0.25, -0.2) is 13.8 Å². The van der Waals surface area contributed by atoms with Gasteiger partial charge in [-0.15, -0.1) is 0 Å². The van der Waals surface area contributed by atoms with E-state index in [4.69, 9.17) is 10.7 Å². The minimum atomic E-state index is -0.966. The summed E-state index contributed by atoms with van der Waals surface area (Å²) in [6.45, 7) is 5.67. The van der Waals surface area contributed by atoms with Crippen LogP contribution in [0.2, 0.25) is 0 Å². The maximum atomic E-state index is 14.4. The first-order valence-electron chi connectivity index (χ1n) is 12.5. The number of aromatic nitrogens is 4. The van der Waals surface area contributed by atoms with Gasteiger partial charge in [0.2, 0.25) is 0 Å². The fourth-order valence-corrected chi connectivity index (χ4v) is 5.53. The number of hydrogen-bond donors (Lipinski definition) is 2. The van der Waals surface area contributed by atoms with Gasteiger partial charge in [0.15, 0.2) is 11.6 Å². The van der Waals surface area contributed by atoms with Crippen LogP contribution in [0.5, 0.6) is 0 Å². The average molecular weight is 520 g/mol. The Bertz CT molecular complexity index is 1630. The number of carbonyl (C=O) groups is 1. The maximum absolute atomic E-state index is 14.4. The summed E-state index contributed by atoms with van der Waals surface area (Å²) in [6, 6.07) is 9.43. The van der Waals surface area contributed by atoms with Gasteiger partial charge in [0.1, 0.15) is 22.7 Å². The minimum absolute atomic E-state index is 0.173. The number of nitrogens with zero attached hydrogens (tertiary/aromatic N) is 5. The van der Waals surface area contributed by atoms with Gasteiger partial charge in [-0.1, -0.05) is 19.9 Å². The summed E-state index contributed by atoms with van der Waals surface area (Å²) >= 11 is 0. The van der Waals surface area contributed by atoms with Crippen molar-refractivity contribution in [1.29, 1.82) is 0 Å². The molecule has 3 heterocycles.